The van der Waals surface area contributed by atoms with Gasteiger partial charge in [0.15, 0.2) is 0 Å². The molecule has 0 saturated heterocycles. The van der Waals surface area contributed by atoms with Gasteiger partial charge in [-0.1, -0.05) is 29.8 Å². The zero-order chi connectivity index (χ0) is 9.14. The van der Waals surface area contributed by atoms with Gasteiger partial charge >= 0.3 is 0 Å². The van der Waals surface area contributed by atoms with Crippen molar-refractivity contribution in [3.05, 3.63) is 46.1 Å². The normalized spacial score (nSPS) is 9.25. The third-order valence-corrected chi connectivity index (χ3v) is 2.00. The number of hydrogen-bond acceptors (Lipinski definition) is 0. The summed E-state index contributed by atoms with van der Waals surface area (Å²) in [6.07, 6.45) is 0. The van der Waals surface area contributed by atoms with Gasteiger partial charge in [-0.2, -0.15) is 0 Å². The molecule has 1 aromatic rings. The second-order valence-corrected chi connectivity index (χ2v) is 3.33. The molecule has 0 aliphatic rings. The van der Waals surface area contributed by atoms with Crippen LogP contribution in [0.5, 0.6) is 0 Å². The fourth-order valence-electron chi connectivity index (χ4n) is 0.872. The fourth-order valence-corrected chi connectivity index (χ4v) is 1.40. The van der Waals surface area contributed by atoms with Gasteiger partial charge in [0.05, 0.1) is 0 Å². The third kappa shape index (κ3) is 2.15. The lowest BCUT2D eigenvalue weighted by Crippen LogP contribution is -1.78. The molecule has 0 N–H and O–H groups in total. The van der Waals surface area contributed by atoms with Gasteiger partial charge in [-0.05, 0) is 36.3 Å². The summed E-state index contributed by atoms with van der Waals surface area (Å²) >= 11 is 11.6. The highest BCUT2D eigenvalue weighted by Gasteiger charge is 1.98. The van der Waals surface area contributed by atoms with Crippen molar-refractivity contribution >= 4 is 28.8 Å². The molecular weight excluding hydrogens is 191 g/mol. The molecule has 0 aromatic heterocycles. The lowest BCUT2D eigenvalue weighted by atomic mass is 10.1. The Kier molecular flexibility index (Phi) is 2.99. The van der Waals surface area contributed by atoms with Crippen LogP contribution in [0.25, 0.3) is 5.57 Å². The van der Waals surface area contributed by atoms with E-state index in [0.717, 1.165) is 11.1 Å². The van der Waals surface area contributed by atoms with E-state index in [-0.39, 0.29) is 0 Å². The monoisotopic (exact) mass is 198 g/mol. The quantitative estimate of drug-likeness (QED) is 0.595. The van der Waals surface area contributed by atoms with Gasteiger partial charge in [0, 0.05) is 10.0 Å². The zero-order valence-electron chi connectivity index (χ0n) is 6.70. The minimum atomic E-state index is 0.632. The molecular formula is C10H8Cl2. The maximum atomic E-state index is 5.81. The van der Waals surface area contributed by atoms with E-state index in [1.807, 2.05) is 19.1 Å². The summed E-state index contributed by atoms with van der Waals surface area (Å²) in [6.45, 7) is 5.46. The number of benzene rings is 1. The average Bonchev–Trinajstić information content (AvgIpc) is 2.01. The molecule has 2 heteroatoms. The first-order valence-electron chi connectivity index (χ1n) is 3.46. The SMILES string of the molecule is C=C=C(C)c1cc(Cl)cc(Cl)c1. The van der Waals surface area contributed by atoms with Crippen LogP contribution in [-0.2, 0) is 0 Å². The standard InChI is InChI=1S/C10H8Cl2/c1-3-7(2)8-4-9(11)6-10(12)5-8/h4-6H,1H2,2H3. The summed E-state index contributed by atoms with van der Waals surface area (Å²) in [5.74, 6) is 0. The lowest BCUT2D eigenvalue weighted by molar-refractivity contribution is 1.58. The highest BCUT2D eigenvalue weighted by molar-refractivity contribution is 6.34. The first-order valence-corrected chi connectivity index (χ1v) is 4.22. The maximum Gasteiger partial charge on any atom is 0.0427 e. The van der Waals surface area contributed by atoms with E-state index in [1.165, 1.54) is 0 Å². The summed E-state index contributed by atoms with van der Waals surface area (Å²) in [6, 6.07) is 5.37. The lowest BCUT2D eigenvalue weighted by Gasteiger charge is -2.00. The van der Waals surface area contributed by atoms with Crippen LogP contribution in [0, 0.1) is 0 Å². The summed E-state index contributed by atoms with van der Waals surface area (Å²) in [7, 11) is 0. The van der Waals surface area contributed by atoms with E-state index < -0.39 is 0 Å². The van der Waals surface area contributed by atoms with Crippen molar-refractivity contribution in [2.75, 3.05) is 0 Å². The molecule has 0 atom stereocenters. The summed E-state index contributed by atoms with van der Waals surface area (Å²) in [4.78, 5) is 0. The molecule has 0 aliphatic heterocycles. The van der Waals surface area contributed by atoms with Crippen LogP contribution < -0.4 is 0 Å². The minimum absolute atomic E-state index is 0.632. The maximum absolute atomic E-state index is 5.81. The van der Waals surface area contributed by atoms with Gasteiger partial charge in [0.25, 0.3) is 0 Å². The van der Waals surface area contributed by atoms with Gasteiger partial charge < -0.3 is 0 Å². The molecule has 0 nitrogen and oxygen atoms in total. The molecule has 1 aromatic carbocycles. The van der Waals surface area contributed by atoms with Crippen molar-refractivity contribution in [1.29, 1.82) is 0 Å². The second kappa shape index (κ2) is 3.82. The molecule has 1 rings (SSSR count). The van der Waals surface area contributed by atoms with Crippen LogP contribution in [-0.4, -0.2) is 0 Å². The van der Waals surface area contributed by atoms with Crippen LogP contribution in [0.1, 0.15) is 12.5 Å². The average molecular weight is 199 g/mol. The molecule has 0 saturated carbocycles. The number of allylic oxidation sites excluding steroid dienone is 1. The van der Waals surface area contributed by atoms with E-state index in [4.69, 9.17) is 23.2 Å². The Labute approximate surface area is 82.1 Å². The highest BCUT2D eigenvalue weighted by Crippen LogP contribution is 2.23. The minimum Gasteiger partial charge on any atom is -0.125 e. The van der Waals surface area contributed by atoms with Gasteiger partial charge in [-0.3, -0.25) is 0 Å². The molecule has 62 valence electrons. The largest absolute Gasteiger partial charge is 0.125 e. The molecule has 0 bridgehead atoms. The van der Waals surface area contributed by atoms with Crippen LogP contribution in [0.15, 0.2) is 30.5 Å². The molecule has 0 fully saturated rings. The van der Waals surface area contributed by atoms with Crippen molar-refractivity contribution in [1.82, 2.24) is 0 Å². The smallest absolute Gasteiger partial charge is 0.0427 e. The predicted octanol–water partition coefficient (Wildman–Crippen LogP) is 4.18. The van der Waals surface area contributed by atoms with Gasteiger partial charge in [-0.25, -0.2) is 0 Å². The van der Waals surface area contributed by atoms with Crippen molar-refractivity contribution in [2.24, 2.45) is 0 Å². The zero-order valence-corrected chi connectivity index (χ0v) is 8.21. The predicted molar refractivity (Wildman–Crippen MR) is 54.7 cm³/mol. The van der Waals surface area contributed by atoms with E-state index in [2.05, 4.69) is 12.3 Å². The first-order chi connectivity index (χ1) is 5.63. The Morgan fingerprint density at radius 3 is 2.17 bits per heavy atom. The first kappa shape index (κ1) is 9.41. The Balaban J connectivity index is 3.26. The van der Waals surface area contributed by atoms with Crippen molar-refractivity contribution < 1.29 is 0 Å². The molecule has 0 radical (unpaired) electrons. The molecule has 0 amide bonds. The topological polar surface area (TPSA) is 0 Å². The van der Waals surface area contributed by atoms with Crippen LogP contribution in [0.2, 0.25) is 10.0 Å². The van der Waals surface area contributed by atoms with Crippen LogP contribution in [0.3, 0.4) is 0 Å². The summed E-state index contributed by atoms with van der Waals surface area (Å²) in [5, 5.41) is 1.26. The Morgan fingerprint density at radius 2 is 1.75 bits per heavy atom. The van der Waals surface area contributed by atoms with Crippen molar-refractivity contribution in [3.8, 4) is 0 Å². The molecule has 12 heavy (non-hydrogen) atoms. The van der Waals surface area contributed by atoms with E-state index in [0.29, 0.717) is 10.0 Å². The van der Waals surface area contributed by atoms with Crippen molar-refractivity contribution in [2.45, 2.75) is 6.92 Å². The Hall–Kier alpha value is -0.680. The van der Waals surface area contributed by atoms with Gasteiger partial charge in [0.2, 0.25) is 0 Å². The highest BCUT2D eigenvalue weighted by atomic mass is 35.5. The van der Waals surface area contributed by atoms with Crippen LogP contribution in [0.4, 0.5) is 0 Å². The summed E-state index contributed by atoms with van der Waals surface area (Å²) < 4.78 is 0. The van der Waals surface area contributed by atoms with E-state index >= 15 is 0 Å². The second-order valence-electron chi connectivity index (χ2n) is 2.46. The Bertz CT molecular complexity index is 327. The van der Waals surface area contributed by atoms with Gasteiger partial charge in [-0.15, -0.1) is 5.73 Å². The van der Waals surface area contributed by atoms with Gasteiger partial charge in [0.1, 0.15) is 0 Å². The summed E-state index contributed by atoms with van der Waals surface area (Å²) in [5.41, 5.74) is 4.69. The number of rotatable bonds is 1. The molecule has 0 heterocycles. The molecule has 0 aliphatic carbocycles. The Morgan fingerprint density at radius 1 is 1.25 bits per heavy atom. The van der Waals surface area contributed by atoms with E-state index in [1.54, 1.807) is 6.07 Å². The molecule has 0 unspecified atom stereocenters. The third-order valence-electron chi connectivity index (χ3n) is 1.56. The molecule has 0 spiro atoms. The van der Waals surface area contributed by atoms with E-state index in [9.17, 15) is 0 Å². The van der Waals surface area contributed by atoms with Crippen molar-refractivity contribution in [3.63, 3.8) is 0 Å². The number of halogens is 2. The fraction of sp³-hybridized carbons (Fsp3) is 0.100. The number of hydrogen-bond donors (Lipinski definition) is 0. The van der Waals surface area contributed by atoms with Crippen LogP contribution >= 0.6 is 23.2 Å².